The second-order valence-corrected chi connectivity index (χ2v) is 10.9. The molecule has 0 spiro atoms. The van der Waals surface area contributed by atoms with E-state index in [-0.39, 0.29) is 24.0 Å². The minimum absolute atomic E-state index is 0. The van der Waals surface area contributed by atoms with Gasteiger partial charge in [-0.1, -0.05) is 43.7 Å². The minimum atomic E-state index is -0.689. The summed E-state index contributed by atoms with van der Waals surface area (Å²) in [4.78, 5) is 7.53. The molecule has 3 rings (SSSR count). The quantitative estimate of drug-likeness (QED) is 0.285. The van der Waals surface area contributed by atoms with E-state index in [1.54, 1.807) is 0 Å². The first kappa shape index (κ1) is 26.6. The van der Waals surface area contributed by atoms with Crippen LogP contribution in [0.15, 0.2) is 35.3 Å². The van der Waals surface area contributed by atoms with Gasteiger partial charge >= 0.3 is 0 Å². The van der Waals surface area contributed by atoms with Crippen LogP contribution in [-0.4, -0.2) is 57.8 Å². The second-order valence-electron chi connectivity index (χ2n) is 8.88. The summed E-state index contributed by atoms with van der Waals surface area (Å²) in [5, 5.41) is 7.41. The first-order valence-corrected chi connectivity index (χ1v) is 13.2. The van der Waals surface area contributed by atoms with Gasteiger partial charge in [0.25, 0.3) is 0 Å². The molecule has 1 saturated heterocycles. The van der Waals surface area contributed by atoms with Crippen LogP contribution in [0.2, 0.25) is 0 Å². The zero-order valence-corrected chi connectivity index (χ0v) is 22.5. The molecule has 176 valence electrons. The highest BCUT2D eigenvalue weighted by Crippen LogP contribution is 2.25. The molecule has 31 heavy (non-hydrogen) atoms. The SMILES string of the molecule is CCNC(=NCC1CC(C)N(Cc2ccccc2)C1)NC1CCCC(S(=O)CC)C1.I. The molecule has 1 aromatic rings. The highest BCUT2D eigenvalue weighted by atomic mass is 127. The molecule has 7 heteroatoms. The van der Waals surface area contributed by atoms with Crippen LogP contribution >= 0.6 is 24.0 Å². The van der Waals surface area contributed by atoms with Gasteiger partial charge in [0, 0.05) is 60.1 Å². The lowest BCUT2D eigenvalue weighted by Crippen LogP contribution is -2.46. The van der Waals surface area contributed by atoms with Crippen molar-refractivity contribution in [3.05, 3.63) is 35.9 Å². The van der Waals surface area contributed by atoms with Crippen molar-refractivity contribution < 1.29 is 4.21 Å². The maximum atomic E-state index is 12.2. The van der Waals surface area contributed by atoms with E-state index < -0.39 is 10.8 Å². The largest absolute Gasteiger partial charge is 0.357 e. The van der Waals surface area contributed by atoms with Gasteiger partial charge in [0.1, 0.15) is 0 Å². The number of aliphatic imine (C=N–C) groups is 1. The third-order valence-electron chi connectivity index (χ3n) is 6.49. The molecule has 0 aromatic heterocycles. The van der Waals surface area contributed by atoms with E-state index in [9.17, 15) is 4.21 Å². The molecule has 1 aliphatic heterocycles. The monoisotopic (exact) mass is 560 g/mol. The molecule has 5 unspecified atom stereocenters. The second kappa shape index (κ2) is 13.8. The van der Waals surface area contributed by atoms with Crippen LogP contribution in [0.5, 0.6) is 0 Å². The molecule has 1 aromatic carbocycles. The van der Waals surface area contributed by atoms with Gasteiger partial charge in [-0.3, -0.25) is 14.1 Å². The Morgan fingerprint density at radius 3 is 2.68 bits per heavy atom. The predicted octanol–water partition coefficient (Wildman–Crippen LogP) is 4.15. The van der Waals surface area contributed by atoms with Gasteiger partial charge in [-0.25, -0.2) is 0 Å². The third-order valence-corrected chi connectivity index (χ3v) is 8.23. The molecular formula is C24H41IN4OS. The van der Waals surface area contributed by atoms with E-state index in [4.69, 9.17) is 4.99 Å². The average Bonchev–Trinajstić information content (AvgIpc) is 3.11. The molecule has 0 bridgehead atoms. The average molecular weight is 561 g/mol. The van der Waals surface area contributed by atoms with Crippen molar-refractivity contribution in [2.24, 2.45) is 10.9 Å². The first-order valence-electron chi connectivity index (χ1n) is 11.8. The van der Waals surface area contributed by atoms with Crippen molar-refractivity contribution in [3.8, 4) is 0 Å². The Balaban J connectivity index is 0.00000341. The number of hydrogen-bond acceptors (Lipinski definition) is 3. The van der Waals surface area contributed by atoms with E-state index in [1.807, 2.05) is 6.92 Å². The Kier molecular flexibility index (Phi) is 11.8. The van der Waals surface area contributed by atoms with E-state index >= 15 is 0 Å². The summed E-state index contributed by atoms with van der Waals surface area (Å²) in [6.07, 6.45) is 5.60. The summed E-state index contributed by atoms with van der Waals surface area (Å²) in [6.45, 7) is 10.4. The number of guanidine groups is 1. The van der Waals surface area contributed by atoms with Crippen LogP contribution in [0, 0.1) is 5.92 Å². The van der Waals surface area contributed by atoms with Crippen LogP contribution in [0.25, 0.3) is 0 Å². The molecule has 2 N–H and O–H groups in total. The lowest BCUT2D eigenvalue weighted by Gasteiger charge is -2.30. The van der Waals surface area contributed by atoms with Crippen LogP contribution in [0.1, 0.15) is 58.4 Å². The van der Waals surface area contributed by atoms with E-state index in [1.165, 1.54) is 12.0 Å². The van der Waals surface area contributed by atoms with Crippen LogP contribution < -0.4 is 10.6 Å². The summed E-state index contributed by atoms with van der Waals surface area (Å²) in [5.41, 5.74) is 1.39. The zero-order valence-electron chi connectivity index (χ0n) is 19.4. The van der Waals surface area contributed by atoms with Crippen molar-refractivity contribution in [1.29, 1.82) is 0 Å². The Morgan fingerprint density at radius 1 is 1.19 bits per heavy atom. The van der Waals surface area contributed by atoms with Gasteiger partial charge < -0.3 is 10.6 Å². The van der Waals surface area contributed by atoms with Gasteiger partial charge in [-0.05, 0) is 51.0 Å². The normalized spacial score (nSPS) is 28.0. The zero-order chi connectivity index (χ0) is 21.3. The molecule has 5 atom stereocenters. The number of halogens is 1. The number of nitrogens with zero attached hydrogens (tertiary/aromatic N) is 2. The Hall–Kier alpha value is -0.670. The van der Waals surface area contributed by atoms with Gasteiger partial charge in [-0.2, -0.15) is 0 Å². The van der Waals surface area contributed by atoms with Gasteiger partial charge in [0.2, 0.25) is 0 Å². The summed E-state index contributed by atoms with van der Waals surface area (Å²) < 4.78 is 12.2. The Morgan fingerprint density at radius 2 is 1.97 bits per heavy atom. The van der Waals surface area contributed by atoms with Crippen molar-refractivity contribution in [1.82, 2.24) is 15.5 Å². The van der Waals surface area contributed by atoms with E-state index in [0.717, 1.165) is 63.6 Å². The standard InChI is InChI=1S/C24H40N4OS.HI/c1-4-25-24(27-22-12-9-13-23(15-22)30(29)5-2)26-16-21-14-19(3)28(18-21)17-20-10-7-6-8-11-20;/h6-8,10-11,19,21-23H,4-5,9,12-18H2,1-3H3,(H2,25,26,27);1H. The lowest BCUT2D eigenvalue weighted by molar-refractivity contribution is 0.256. The van der Waals surface area contributed by atoms with Crippen LogP contribution in [0.3, 0.4) is 0 Å². The predicted molar refractivity (Wildman–Crippen MR) is 144 cm³/mol. The number of hydrogen-bond donors (Lipinski definition) is 2. The fourth-order valence-corrected chi connectivity index (χ4v) is 6.22. The summed E-state index contributed by atoms with van der Waals surface area (Å²) in [6, 6.07) is 11.7. The Bertz CT molecular complexity index is 702. The molecule has 1 saturated carbocycles. The topological polar surface area (TPSA) is 56.7 Å². The molecule has 2 aliphatic rings. The fraction of sp³-hybridized carbons (Fsp3) is 0.708. The van der Waals surface area contributed by atoms with Crippen molar-refractivity contribution in [2.45, 2.75) is 76.8 Å². The number of nitrogens with one attached hydrogen (secondary N) is 2. The maximum absolute atomic E-state index is 12.2. The molecular weight excluding hydrogens is 519 g/mol. The molecule has 1 aliphatic carbocycles. The smallest absolute Gasteiger partial charge is 0.191 e. The summed E-state index contributed by atoms with van der Waals surface area (Å²) in [7, 11) is -0.689. The molecule has 0 radical (unpaired) electrons. The Labute approximate surface area is 208 Å². The van der Waals surface area contributed by atoms with Gasteiger partial charge in [-0.15, -0.1) is 24.0 Å². The van der Waals surface area contributed by atoms with Crippen molar-refractivity contribution in [2.75, 3.05) is 25.4 Å². The van der Waals surface area contributed by atoms with Crippen LogP contribution in [0.4, 0.5) is 0 Å². The van der Waals surface area contributed by atoms with E-state index in [0.29, 0.717) is 23.3 Å². The highest BCUT2D eigenvalue weighted by Gasteiger charge is 2.29. The maximum Gasteiger partial charge on any atom is 0.191 e. The first-order chi connectivity index (χ1) is 14.6. The molecule has 1 heterocycles. The lowest BCUT2D eigenvalue weighted by atomic mass is 9.95. The highest BCUT2D eigenvalue weighted by molar-refractivity contribution is 14.0. The number of likely N-dealkylation sites (tertiary alicyclic amines) is 1. The van der Waals surface area contributed by atoms with Crippen molar-refractivity contribution in [3.63, 3.8) is 0 Å². The summed E-state index contributed by atoms with van der Waals surface area (Å²) >= 11 is 0. The summed E-state index contributed by atoms with van der Waals surface area (Å²) in [5.74, 6) is 2.30. The number of rotatable bonds is 8. The molecule has 0 amide bonds. The molecule has 2 fully saturated rings. The van der Waals surface area contributed by atoms with E-state index in [2.05, 4.69) is 59.7 Å². The molecule has 5 nitrogen and oxygen atoms in total. The minimum Gasteiger partial charge on any atom is -0.357 e. The van der Waals surface area contributed by atoms with Gasteiger partial charge in [0.15, 0.2) is 5.96 Å². The van der Waals surface area contributed by atoms with Crippen molar-refractivity contribution >= 4 is 40.7 Å². The van der Waals surface area contributed by atoms with Crippen LogP contribution in [-0.2, 0) is 17.3 Å². The fourth-order valence-electron chi connectivity index (χ4n) is 4.87. The third kappa shape index (κ3) is 8.31. The number of benzene rings is 1. The van der Waals surface area contributed by atoms with Gasteiger partial charge in [0.05, 0.1) is 0 Å².